The minimum atomic E-state index is 0.376. The van der Waals surface area contributed by atoms with Crippen LogP contribution in [0.3, 0.4) is 0 Å². The molecule has 0 bridgehead atoms. The third-order valence-electron chi connectivity index (χ3n) is 2.48. The molecule has 0 aliphatic carbocycles. The van der Waals surface area contributed by atoms with Gasteiger partial charge in [-0.05, 0) is 24.6 Å². The van der Waals surface area contributed by atoms with Gasteiger partial charge < -0.3 is 9.30 Å². The lowest BCUT2D eigenvalue weighted by Gasteiger charge is -2.06. The minimum Gasteiger partial charge on any atom is -0.493 e. The third-order valence-corrected chi connectivity index (χ3v) is 2.48. The van der Waals surface area contributed by atoms with Crippen molar-refractivity contribution in [3.8, 4) is 11.8 Å². The molecule has 0 fully saturated rings. The molecule has 3 heteroatoms. The standard InChI is InChI=1S/C13H14N2O/c1-2-10-16-13-5-3-4-12-11(13)6-8-15(12)9-7-14/h3-6,8H,2,9-10H2,1H3. The van der Waals surface area contributed by atoms with Crippen LogP contribution in [0.15, 0.2) is 30.5 Å². The van der Waals surface area contributed by atoms with Crippen LogP contribution in [0.4, 0.5) is 0 Å². The smallest absolute Gasteiger partial charge is 0.128 e. The number of nitriles is 1. The summed E-state index contributed by atoms with van der Waals surface area (Å²) in [5.41, 5.74) is 1.05. The number of benzene rings is 1. The Labute approximate surface area is 94.9 Å². The maximum atomic E-state index is 8.71. The maximum absolute atomic E-state index is 8.71. The summed E-state index contributed by atoms with van der Waals surface area (Å²) < 4.78 is 7.59. The molecule has 0 aliphatic heterocycles. The number of aromatic nitrogens is 1. The summed E-state index contributed by atoms with van der Waals surface area (Å²) in [6.45, 7) is 3.18. The van der Waals surface area contributed by atoms with Crippen LogP contribution in [-0.4, -0.2) is 11.2 Å². The predicted octanol–water partition coefficient (Wildman–Crippen LogP) is 2.95. The van der Waals surface area contributed by atoms with Crippen molar-refractivity contribution in [1.82, 2.24) is 4.57 Å². The molecule has 3 nitrogen and oxygen atoms in total. The first kappa shape index (κ1) is 10.6. The zero-order valence-electron chi connectivity index (χ0n) is 9.31. The van der Waals surface area contributed by atoms with Gasteiger partial charge in [0.1, 0.15) is 12.3 Å². The normalized spacial score (nSPS) is 10.2. The Morgan fingerprint density at radius 2 is 2.25 bits per heavy atom. The zero-order valence-corrected chi connectivity index (χ0v) is 9.31. The summed E-state index contributed by atoms with van der Waals surface area (Å²) in [5.74, 6) is 0.899. The van der Waals surface area contributed by atoms with E-state index >= 15 is 0 Å². The van der Waals surface area contributed by atoms with Gasteiger partial charge in [-0.2, -0.15) is 5.26 Å². The number of hydrogen-bond acceptors (Lipinski definition) is 2. The third kappa shape index (κ3) is 1.87. The lowest BCUT2D eigenvalue weighted by atomic mass is 10.2. The highest BCUT2D eigenvalue weighted by Gasteiger charge is 2.05. The van der Waals surface area contributed by atoms with Gasteiger partial charge in [0, 0.05) is 11.6 Å². The van der Waals surface area contributed by atoms with Gasteiger partial charge >= 0.3 is 0 Å². The van der Waals surface area contributed by atoms with Crippen molar-refractivity contribution in [2.45, 2.75) is 19.9 Å². The van der Waals surface area contributed by atoms with Crippen LogP contribution in [0.25, 0.3) is 10.9 Å². The fraction of sp³-hybridized carbons (Fsp3) is 0.308. The monoisotopic (exact) mass is 214 g/mol. The highest BCUT2D eigenvalue weighted by molar-refractivity contribution is 5.86. The largest absolute Gasteiger partial charge is 0.493 e. The molecule has 0 atom stereocenters. The molecule has 0 amide bonds. The molecule has 0 unspecified atom stereocenters. The van der Waals surface area contributed by atoms with Gasteiger partial charge in [-0.25, -0.2) is 0 Å². The number of rotatable bonds is 4. The molecule has 16 heavy (non-hydrogen) atoms. The lowest BCUT2D eigenvalue weighted by molar-refractivity contribution is 0.321. The first-order valence-corrected chi connectivity index (χ1v) is 5.44. The summed E-state index contributed by atoms with van der Waals surface area (Å²) >= 11 is 0. The summed E-state index contributed by atoms with van der Waals surface area (Å²) in [5, 5.41) is 9.78. The number of ether oxygens (including phenoxy) is 1. The van der Waals surface area contributed by atoms with E-state index in [1.807, 2.05) is 35.0 Å². The topological polar surface area (TPSA) is 38.0 Å². The lowest BCUT2D eigenvalue weighted by Crippen LogP contribution is -1.96. The molecular weight excluding hydrogens is 200 g/mol. The van der Waals surface area contributed by atoms with Crippen LogP contribution in [0.2, 0.25) is 0 Å². The van der Waals surface area contributed by atoms with E-state index in [0.29, 0.717) is 6.54 Å². The van der Waals surface area contributed by atoms with Crippen molar-refractivity contribution >= 4 is 10.9 Å². The molecule has 2 rings (SSSR count). The van der Waals surface area contributed by atoms with E-state index in [0.717, 1.165) is 29.7 Å². The fourth-order valence-corrected chi connectivity index (χ4v) is 1.75. The zero-order chi connectivity index (χ0) is 11.4. The Kier molecular flexibility index (Phi) is 3.11. The van der Waals surface area contributed by atoms with Gasteiger partial charge in [-0.15, -0.1) is 0 Å². The molecule has 0 radical (unpaired) electrons. The Morgan fingerprint density at radius 1 is 1.38 bits per heavy atom. The average Bonchev–Trinajstić information content (AvgIpc) is 2.71. The second kappa shape index (κ2) is 4.71. The summed E-state index contributed by atoms with van der Waals surface area (Å²) in [7, 11) is 0. The van der Waals surface area contributed by atoms with Gasteiger partial charge in [-0.3, -0.25) is 0 Å². The van der Waals surface area contributed by atoms with Crippen molar-refractivity contribution in [1.29, 1.82) is 5.26 Å². The van der Waals surface area contributed by atoms with Crippen LogP contribution in [0.5, 0.6) is 5.75 Å². The maximum Gasteiger partial charge on any atom is 0.128 e. The van der Waals surface area contributed by atoms with Crippen molar-refractivity contribution in [2.24, 2.45) is 0 Å². The number of hydrogen-bond donors (Lipinski definition) is 0. The Balaban J connectivity index is 2.41. The molecular formula is C13H14N2O. The van der Waals surface area contributed by atoms with E-state index in [4.69, 9.17) is 10.00 Å². The Bertz CT molecular complexity index is 522. The van der Waals surface area contributed by atoms with Crippen molar-refractivity contribution in [3.05, 3.63) is 30.5 Å². The molecule has 82 valence electrons. The van der Waals surface area contributed by atoms with E-state index in [1.54, 1.807) is 0 Å². The predicted molar refractivity (Wildman–Crippen MR) is 63.3 cm³/mol. The minimum absolute atomic E-state index is 0.376. The average molecular weight is 214 g/mol. The Morgan fingerprint density at radius 3 is 3.00 bits per heavy atom. The van der Waals surface area contributed by atoms with E-state index < -0.39 is 0 Å². The van der Waals surface area contributed by atoms with Crippen LogP contribution in [0.1, 0.15) is 13.3 Å². The number of nitrogens with zero attached hydrogens (tertiary/aromatic N) is 2. The van der Waals surface area contributed by atoms with Crippen LogP contribution in [-0.2, 0) is 6.54 Å². The molecule has 0 aliphatic rings. The second-order valence-electron chi connectivity index (χ2n) is 3.64. The van der Waals surface area contributed by atoms with Crippen molar-refractivity contribution in [3.63, 3.8) is 0 Å². The quantitative estimate of drug-likeness (QED) is 0.784. The van der Waals surface area contributed by atoms with Crippen LogP contribution < -0.4 is 4.74 Å². The van der Waals surface area contributed by atoms with Crippen molar-refractivity contribution < 1.29 is 4.74 Å². The summed E-state index contributed by atoms with van der Waals surface area (Å²) in [6, 6.07) is 10.1. The van der Waals surface area contributed by atoms with E-state index in [2.05, 4.69) is 13.0 Å². The van der Waals surface area contributed by atoms with Crippen LogP contribution in [0, 0.1) is 11.3 Å². The molecule has 0 saturated carbocycles. The molecule has 1 aromatic carbocycles. The van der Waals surface area contributed by atoms with Gasteiger partial charge in [0.05, 0.1) is 18.2 Å². The van der Waals surface area contributed by atoms with Gasteiger partial charge in [0.15, 0.2) is 0 Å². The Hall–Kier alpha value is -1.95. The highest BCUT2D eigenvalue weighted by atomic mass is 16.5. The van der Waals surface area contributed by atoms with Crippen molar-refractivity contribution in [2.75, 3.05) is 6.61 Å². The molecule has 0 saturated heterocycles. The van der Waals surface area contributed by atoms with Gasteiger partial charge in [0.2, 0.25) is 0 Å². The summed E-state index contributed by atoms with van der Waals surface area (Å²) in [6.07, 6.45) is 2.92. The summed E-state index contributed by atoms with van der Waals surface area (Å²) in [4.78, 5) is 0. The van der Waals surface area contributed by atoms with Gasteiger partial charge in [0.25, 0.3) is 0 Å². The highest BCUT2D eigenvalue weighted by Crippen LogP contribution is 2.26. The second-order valence-corrected chi connectivity index (χ2v) is 3.64. The molecule has 0 N–H and O–H groups in total. The first-order valence-electron chi connectivity index (χ1n) is 5.44. The van der Waals surface area contributed by atoms with Gasteiger partial charge in [-0.1, -0.05) is 13.0 Å². The van der Waals surface area contributed by atoms with E-state index in [9.17, 15) is 0 Å². The number of fused-ring (bicyclic) bond motifs is 1. The van der Waals surface area contributed by atoms with Crippen LogP contribution >= 0.6 is 0 Å². The van der Waals surface area contributed by atoms with E-state index in [-0.39, 0.29) is 0 Å². The molecule has 1 heterocycles. The molecule has 2 aromatic rings. The first-order chi connectivity index (χ1) is 7.86. The fourth-order valence-electron chi connectivity index (χ4n) is 1.75. The molecule has 1 aromatic heterocycles. The van der Waals surface area contributed by atoms with E-state index in [1.165, 1.54) is 0 Å². The molecule has 0 spiro atoms. The SMILES string of the molecule is CCCOc1cccc2c1ccn2CC#N.